The summed E-state index contributed by atoms with van der Waals surface area (Å²) in [6.07, 6.45) is 0.617. The standard InChI is InChI=1S/C15H20N2O2/c1-11(2)8-15(3,19)10-17-14(18)13-6-4-5-12(7-13)9-16/h4-7,11,19H,8,10H2,1-3H3,(H,17,18). The molecule has 0 aromatic heterocycles. The minimum atomic E-state index is -0.920. The number of nitrogens with zero attached hydrogens (tertiary/aromatic N) is 1. The molecule has 0 heterocycles. The van der Waals surface area contributed by atoms with Gasteiger partial charge in [-0.1, -0.05) is 19.9 Å². The van der Waals surface area contributed by atoms with Gasteiger partial charge in [0.1, 0.15) is 0 Å². The zero-order chi connectivity index (χ0) is 14.5. The number of benzene rings is 1. The lowest BCUT2D eigenvalue weighted by atomic mass is 9.94. The molecule has 0 bridgehead atoms. The van der Waals surface area contributed by atoms with E-state index in [1.165, 1.54) is 6.07 Å². The summed E-state index contributed by atoms with van der Waals surface area (Å²) in [6.45, 7) is 5.94. The molecule has 0 saturated heterocycles. The number of hydrogen-bond acceptors (Lipinski definition) is 3. The van der Waals surface area contributed by atoms with Crippen LogP contribution in [0, 0.1) is 17.2 Å². The second-order valence-electron chi connectivity index (χ2n) is 5.47. The third-order valence-electron chi connectivity index (χ3n) is 2.73. The van der Waals surface area contributed by atoms with Crippen LogP contribution in [0.3, 0.4) is 0 Å². The SMILES string of the molecule is CC(C)CC(C)(O)CNC(=O)c1cccc(C#N)c1. The summed E-state index contributed by atoms with van der Waals surface area (Å²) in [5.74, 6) is 0.0787. The lowest BCUT2D eigenvalue weighted by molar-refractivity contribution is 0.0368. The first-order chi connectivity index (χ1) is 8.84. The van der Waals surface area contributed by atoms with Gasteiger partial charge in [-0.2, -0.15) is 5.26 Å². The fourth-order valence-corrected chi connectivity index (χ4v) is 2.05. The summed E-state index contributed by atoms with van der Waals surface area (Å²) in [6, 6.07) is 8.48. The molecule has 0 saturated carbocycles. The highest BCUT2D eigenvalue weighted by molar-refractivity contribution is 5.94. The van der Waals surface area contributed by atoms with Gasteiger partial charge in [-0.05, 0) is 37.5 Å². The highest BCUT2D eigenvalue weighted by atomic mass is 16.3. The summed E-state index contributed by atoms with van der Waals surface area (Å²) in [4.78, 5) is 11.9. The van der Waals surface area contributed by atoms with E-state index in [4.69, 9.17) is 5.26 Å². The van der Waals surface area contributed by atoms with Crippen molar-refractivity contribution >= 4 is 5.91 Å². The van der Waals surface area contributed by atoms with Crippen LogP contribution in [0.2, 0.25) is 0 Å². The number of carbonyl (C=O) groups excluding carboxylic acids is 1. The van der Waals surface area contributed by atoms with Crippen LogP contribution in [0.1, 0.15) is 43.1 Å². The van der Waals surface area contributed by atoms with Crippen molar-refractivity contribution in [3.63, 3.8) is 0 Å². The molecule has 4 heteroatoms. The monoisotopic (exact) mass is 260 g/mol. The Balaban J connectivity index is 2.63. The van der Waals surface area contributed by atoms with Gasteiger partial charge in [0.15, 0.2) is 0 Å². The zero-order valence-corrected chi connectivity index (χ0v) is 11.6. The fourth-order valence-electron chi connectivity index (χ4n) is 2.05. The molecule has 1 rings (SSSR count). The molecular formula is C15H20N2O2. The second-order valence-corrected chi connectivity index (χ2v) is 5.47. The van der Waals surface area contributed by atoms with Gasteiger partial charge in [0.2, 0.25) is 0 Å². The van der Waals surface area contributed by atoms with Crippen molar-refractivity contribution in [1.82, 2.24) is 5.32 Å². The number of nitriles is 1. The molecule has 1 aromatic carbocycles. The maximum absolute atomic E-state index is 11.9. The van der Waals surface area contributed by atoms with Crippen molar-refractivity contribution in [3.05, 3.63) is 35.4 Å². The number of aliphatic hydroxyl groups is 1. The highest BCUT2D eigenvalue weighted by Crippen LogP contribution is 2.15. The van der Waals surface area contributed by atoms with E-state index < -0.39 is 5.60 Å². The third kappa shape index (κ3) is 5.11. The lowest BCUT2D eigenvalue weighted by Gasteiger charge is -2.25. The highest BCUT2D eigenvalue weighted by Gasteiger charge is 2.22. The van der Waals surface area contributed by atoms with Crippen LogP contribution in [0.15, 0.2) is 24.3 Å². The number of carbonyl (C=O) groups is 1. The molecule has 0 fully saturated rings. The van der Waals surface area contributed by atoms with E-state index in [2.05, 4.69) is 5.32 Å². The fraction of sp³-hybridized carbons (Fsp3) is 0.467. The molecule has 0 aliphatic carbocycles. The van der Waals surface area contributed by atoms with Crippen molar-refractivity contribution in [2.45, 2.75) is 32.8 Å². The Bertz CT molecular complexity index is 487. The smallest absolute Gasteiger partial charge is 0.251 e. The van der Waals surface area contributed by atoms with Gasteiger partial charge in [0.25, 0.3) is 5.91 Å². The first-order valence-corrected chi connectivity index (χ1v) is 6.35. The number of hydrogen-bond donors (Lipinski definition) is 2. The topological polar surface area (TPSA) is 73.1 Å². The van der Waals surface area contributed by atoms with Crippen molar-refractivity contribution in [2.75, 3.05) is 6.54 Å². The van der Waals surface area contributed by atoms with Crippen LogP contribution < -0.4 is 5.32 Å². The van der Waals surface area contributed by atoms with Crippen molar-refractivity contribution in [2.24, 2.45) is 5.92 Å². The average Bonchev–Trinajstić information content (AvgIpc) is 2.34. The molecule has 1 amide bonds. The van der Waals surface area contributed by atoms with Crippen LogP contribution in [0.4, 0.5) is 0 Å². The Morgan fingerprint density at radius 1 is 1.53 bits per heavy atom. The quantitative estimate of drug-likeness (QED) is 0.851. The summed E-state index contributed by atoms with van der Waals surface area (Å²) in [5.41, 5.74) is -0.0441. The molecule has 0 aliphatic heterocycles. The van der Waals surface area contributed by atoms with Crippen molar-refractivity contribution in [3.8, 4) is 6.07 Å². The van der Waals surface area contributed by atoms with Crippen LogP contribution in [-0.4, -0.2) is 23.2 Å². The molecule has 0 spiro atoms. The van der Waals surface area contributed by atoms with E-state index in [0.29, 0.717) is 23.5 Å². The molecule has 1 unspecified atom stereocenters. The molecular weight excluding hydrogens is 240 g/mol. The van der Waals surface area contributed by atoms with Gasteiger partial charge in [0.05, 0.1) is 17.2 Å². The van der Waals surface area contributed by atoms with E-state index >= 15 is 0 Å². The van der Waals surface area contributed by atoms with Gasteiger partial charge in [-0.3, -0.25) is 4.79 Å². The first-order valence-electron chi connectivity index (χ1n) is 6.35. The minimum Gasteiger partial charge on any atom is -0.388 e. The Kier molecular flexibility index (Phi) is 5.08. The molecule has 4 nitrogen and oxygen atoms in total. The second kappa shape index (κ2) is 6.35. The molecule has 1 aromatic rings. The van der Waals surface area contributed by atoms with Gasteiger partial charge >= 0.3 is 0 Å². The normalized spacial score (nSPS) is 13.7. The van der Waals surface area contributed by atoms with Crippen LogP contribution in [-0.2, 0) is 0 Å². The predicted octanol–water partition coefficient (Wildman–Crippen LogP) is 2.09. The molecule has 19 heavy (non-hydrogen) atoms. The Morgan fingerprint density at radius 2 is 2.21 bits per heavy atom. The molecule has 0 aliphatic rings. The average molecular weight is 260 g/mol. The molecule has 0 radical (unpaired) electrons. The van der Waals surface area contributed by atoms with E-state index in [1.54, 1.807) is 25.1 Å². The van der Waals surface area contributed by atoms with E-state index in [-0.39, 0.29) is 12.5 Å². The van der Waals surface area contributed by atoms with Crippen LogP contribution >= 0.6 is 0 Å². The Morgan fingerprint density at radius 3 is 2.79 bits per heavy atom. The zero-order valence-electron chi connectivity index (χ0n) is 11.6. The lowest BCUT2D eigenvalue weighted by Crippen LogP contribution is -2.41. The van der Waals surface area contributed by atoms with E-state index in [9.17, 15) is 9.90 Å². The third-order valence-corrected chi connectivity index (χ3v) is 2.73. The summed E-state index contributed by atoms with van der Waals surface area (Å²) in [5, 5.41) is 21.6. The number of nitrogens with one attached hydrogen (secondary N) is 1. The summed E-state index contributed by atoms with van der Waals surface area (Å²) in [7, 11) is 0. The van der Waals surface area contributed by atoms with Gasteiger partial charge < -0.3 is 10.4 Å². The number of amides is 1. The van der Waals surface area contributed by atoms with Crippen molar-refractivity contribution in [1.29, 1.82) is 5.26 Å². The van der Waals surface area contributed by atoms with Gasteiger partial charge in [0, 0.05) is 12.1 Å². The maximum atomic E-state index is 11.9. The largest absolute Gasteiger partial charge is 0.388 e. The molecule has 102 valence electrons. The van der Waals surface area contributed by atoms with E-state index in [0.717, 1.165) is 0 Å². The van der Waals surface area contributed by atoms with E-state index in [1.807, 2.05) is 19.9 Å². The van der Waals surface area contributed by atoms with Crippen LogP contribution in [0.25, 0.3) is 0 Å². The Labute approximate surface area is 114 Å². The summed E-state index contributed by atoms with van der Waals surface area (Å²) >= 11 is 0. The summed E-state index contributed by atoms with van der Waals surface area (Å²) < 4.78 is 0. The predicted molar refractivity (Wildman–Crippen MR) is 73.6 cm³/mol. The molecule has 2 N–H and O–H groups in total. The first kappa shape index (κ1) is 15.2. The Hall–Kier alpha value is -1.86. The molecule has 1 atom stereocenters. The van der Waals surface area contributed by atoms with Crippen LogP contribution in [0.5, 0.6) is 0 Å². The number of rotatable bonds is 5. The maximum Gasteiger partial charge on any atom is 0.251 e. The van der Waals surface area contributed by atoms with Gasteiger partial charge in [-0.15, -0.1) is 0 Å². The van der Waals surface area contributed by atoms with Crippen molar-refractivity contribution < 1.29 is 9.90 Å². The minimum absolute atomic E-state index is 0.195. The van der Waals surface area contributed by atoms with Gasteiger partial charge in [-0.25, -0.2) is 0 Å².